The third kappa shape index (κ3) is 5.40. The molecular weight excluding hydrogens is 322 g/mol. The Morgan fingerprint density at radius 1 is 1.21 bits per heavy atom. The lowest BCUT2D eigenvalue weighted by Gasteiger charge is -2.09. The van der Waals surface area contributed by atoms with Crippen LogP contribution in [0.5, 0.6) is 11.5 Å². The minimum atomic E-state index is 0.412. The Hall–Kier alpha value is -2.86. The normalized spacial score (nSPS) is 10.2. The van der Waals surface area contributed by atoms with Gasteiger partial charge in [0.2, 0.25) is 0 Å². The number of hydrogen-bond acceptors (Lipinski definition) is 4. The Kier molecular flexibility index (Phi) is 6.79. The maximum atomic E-state index is 5.51. The van der Waals surface area contributed by atoms with Gasteiger partial charge in [0.05, 0.1) is 13.3 Å². The van der Waals surface area contributed by atoms with Crippen LogP contribution >= 0.6 is 12.2 Å². The molecule has 6 heteroatoms. The third-order valence-electron chi connectivity index (χ3n) is 2.96. The summed E-state index contributed by atoms with van der Waals surface area (Å²) in [6.07, 6.45) is 3.33. The predicted octanol–water partition coefficient (Wildman–Crippen LogP) is 3.58. The molecule has 0 heterocycles. The number of hydrogen-bond donors (Lipinski definition) is 2. The summed E-state index contributed by atoms with van der Waals surface area (Å²) in [6, 6.07) is 15.2. The number of benzene rings is 2. The smallest absolute Gasteiger partial charge is 0.191 e. The zero-order valence-electron chi connectivity index (χ0n) is 13.4. The van der Waals surface area contributed by atoms with Crippen molar-refractivity contribution in [2.24, 2.45) is 5.10 Å². The molecule has 2 aromatic rings. The van der Waals surface area contributed by atoms with E-state index in [2.05, 4.69) is 22.4 Å². The van der Waals surface area contributed by atoms with Crippen LogP contribution in [-0.2, 0) is 0 Å². The molecule has 124 valence electrons. The van der Waals surface area contributed by atoms with Gasteiger partial charge in [-0.05, 0) is 48.1 Å². The van der Waals surface area contributed by atoms with Crippen molar-refractivity contribution in [3.05, 3.63) is 66.7 Å². The van der Waals surface area contributed by atoms with E-state index in [4.69, 9.17) is 21.7 Å². The number of nitrogens with zero attached hydrogens (tertiary/aromatic N) is 1. The summed E-state index contributed by atoms with van der Waals surface area (Å²) in [5.74, 6) is 1.29. The maximum absolute atomic E-state index is 5.51. The summed E-state index contributed by atoms with van der Waals surface area (Å²) in [7, 11) is 1.59. The molecule has 0 radical (unpaired) electrons. The SMILES string of the molecule is C=CCOc1ccc(/C=N\NC(=S)Nc2ccccc2)cc1OC. The highest BCUT2D eigenvalue weighted by molar-refractivity contribution is 7.80. The van der Waals surface area contributed by atoms with E-state index in [0.29, 0.717) is 23.2 Å². The lowest BCUT2D eigenvalue weighted by atomic mass is 10.2. The van der Waals surface area contributed by atoms with Gasteiger partial charge < -0.3 is 14.8 Å². The number of nitrogens with one attached hydrogen (secondary N) is 2. The largest absolute Gasteiger partial charge is 0.493 e. The van der Waals surface area contributed by atoms with Crippen LogP contribution in [0.4, 0.5) is 5.69 Å². The minimum Gasteiger partial charge on any atom is -0.493 e. The number of anilines is 1. The Morgan fingerprint density at radius 3 is 2.71 bits per heavy atom. The van der Waals surface area contributed by atoms with Crippen molar-refractivity contribution >= 4 is 29.2 Å². The van der Waals surface area contributed by atoms with E-state index in [1.54, 1.807) is 19.4 Å². The van der Waals surface area contributed by atoms with Crippen molar-refractivity contribution in [1.82, 2.24) is 5.43 Å². The van der Waals surface area contributed by atoms with E-state index in [-0.39, 0.29) is 0 Å². The van der Waals surface area contributed by atoms with Gasteiger partial charge >= 0.3 is 0 Å². The quantitative estimate of drug-likeness (QED) is 0.349. The Labute approximate surface area is 147 Å². The van der Waals surface area contributed by atoms with Crippen LogP contribution < -0.4 is 20.2 Å². The first-order valence-corrected chi connectivity index (χ1v) is 7.70. The van der Waals surface area contributed by atoms with Crippen LogP contribution in [0.15, 0.2) is 66.3 Å². The average Bonchev–Trinajstić information content (AvgIpc) is 2.61. The molecule has 0 unspecified atom stereocenters. The monoisotopic (exact) mass is 341 g/mol. The topological polar surface area (TPSA) is 54.9 Å². The summed E-state index contributed by atoms with van der Waals surface area (Å²) in [6.45, 7) is 4.04. The van der Waals surface area contributed by atoms with Crippen molar-refractivity contribution in [3.63, 3.8) is 0 Å². The number of rotatable bonds is 7. The van der Waals surface area contributed by atoms with Crippen molar-refractivity contribution in [1.29, 1.82) is 0 Å². The Balaban J connectivity index is 1.93. The fourth-order valence-corrected chi connectivity index (χ4v) is 2.05. The third-order valence-corrected chi connectivity index (χ3v) is 3.15. The molecule has 0 aliphatic carbocycles. The van der Waals surface area contributed by atoms with E-state index in [9.17, 15) is 0 Å². The van der Waals surface area contributed by atoms with Gasteiger partial charge in [-0.2, -0.15) is 5.10 Å². The van der Waals surface area contributed by atoms with Gasteiger partial charge in [-0.3, -0.25) is 5.43 Å². The maximum Gasteiger partial charge on any atom is 0.191 e. The molecule has 0 aliphatic heterocycles. The van der Waals surface area contributed by atoms with Gasteiger partial charge in [0.15, 0.2) is 16.6 Å². The molecule has 2 aromatic carbocycles. The predicted molar refractivity (Wildman–Crippen MR) is 102 cm³/mol. The van der Waals surface area contributed by atoms with Gasteiger partial charge in [-0.25, -0.2) is 0 Å². The number of para-hydroxylation sites is 1. The fourth-order valence-electron chi connectivity index (χ4n) is 1.88. The second-order valence-electron chi connectivity index (χ2n) is 4.70. The number of methoxy groups -OCH3 is 1. The number of ether oxygens (including phenoxy) is 2. The molecule has 0 atom stereocenters. The molecule has 0 aromatic heterocycles. The van der Waals surface area contributed by atoms with E-state index in [0.717, 1.165) is 11.3 Å². The van der Waals surface area contributed by atoms with Gasteiger partial charge in [-0.15, -0.1) is 0 Å². The lowest BCUT2D eigenvalue weighted by Crippen LogP contribution is -2.23. The van der Waals surface area contributed by atoms with Crippen LogP contribution in [0.25, 0.3) is 0 Å². The molecule has 24 heavy (non-hydrogen) atoms. The van der Waals surface area contributed by atoms with E-state index in [1.807, 2.05) is 48.5 Å². The zero-order chi connectivity index (χ0) is 17.2. The van der Waals surface area contributed by atoms with Crippen molar-refractivity contribution in [3.8, 4) is 11.5 Å². The molecule has 0 amide bonds. The lowest BCUT2D eigenvalue weighted by molar-refractivity contribution is 0.326. The highest BCUT2D eigenvalue weighted by Gasteiger charge is 2.04. The Morgan fingerprint density at radius 2 is 2.00 bits per heavy atom. The molecule has 0 aliphatic rings. The standard InChI is InChI=1S/C18H19N3O2S/c1-3-11-23-16-10-9-14(12-17(16)22-2)13-19-21-18(24)20-15-7-5-4-6-8-15/h3-10,12-13H,1,11H2,2H3,(H2,20,21,24)/b19-13-. The van der Waals surface area contributed by atoms with Crippen molar-refractivity contribution < 1.29 is 9.47 Å². The van der Waals surface area contributed by atoms with Gasteiger partial charge in [0.1, 0.15) is 6.61 Å². The fraction of sp³-hybridized carbons (Fsp3) is 0.111. The summed E-state index contributed by atoms with van der Waals surface area (Å²) < 4.78 is 10.8. The molecular formula is C18H19N3O2S. The summed E-state index contributed by atoms with van der Waals surface area (Å²) in [5.41, 5.74) is 4.52. The molecule has 2 N–H and O–H groups in total. The van der Waals surface area contributed by atoms with Crippen molar-refractivity contribution in [2.75, 3.05) is 19.0 Å². The van der Waals surface area contributed by atoms with Crippen LogP contribution in [0.3, 0.4) is 0 Å². The van der Waals surface area contributed by atoms with Crippen LogP contribution in [-0.4, -0.2) is 25.0 Å². The highest BCUT2D eigenvalue weighted by atomic mass is 32.1. The van der Waals surface area contributed by atoms with E-state index in [1.165, 1.54) is 0 Å². The summed E-state index contributed by atoms with van der Waals surface area (Å²) in [5, 5.41) is 7.56. The second kappa shape index (κ2) is 9.32. The molecule has 0 bridgehead atoms. The van der Waals surface area contributed by atoms with E-state index >= 15 is 0 Å². The van der Waals surface area contributed by atoms with Gasteiger partial charge in [-0.1, -0.05) is 30.9 Å². The molecule has 0 spiro atoms. The van der Waals surface area contributed by atoms with E-state index < -0.39 is 0 Å². The minimum absolute atomic E-state index is 0.412. The summed E-state index contributed by atoms with van der Waals surface area (Å²) in [4.78, 5) is 0. The highest BCUT2D eigenvalue weighted by Crippen LogP contribution is 2.27. The first kappa shape index (κ1) is 17.5. The summed E-state index contributed by atoms with van der Waals surface area (Å²) >= 11 is 5.18. The Bertz CT molecular complexity index is 717. The zero-order valence-corrected chi connectivity index (χ0v) is 14.2. The second-order valence-corrected chi connectivity index (χ2v) is 5.11. The van der Waals surface area contributed by atoms with Crippen molar-refractivity contribution in [2.45, 2.75) is 0 Å². The first-order chi connectivity index (χ1) is 11.7. The first-order valence-electron chi connectivity index (χ1n) is 7.29. The van der Waals surface area contributed by atoms with Crippen LogP contribution in [0.2, 0.25) is 0 Å². The number of hydrazone groups is 1. The molecule has 0 saturated heterocycles. The van der Waals surface area contributed by atoms with Crippen LogP contribution in [0, 0.1) is 0 Å². The van der Waals surface area contributed by atoms with Crippen LogP contribution in [0.1, 0.15) is 5.56 Å². The number of thiocarbonyl (C=S) groups is 1. The molecule has 0 fully saturated rings. The van der Waals surface area contributed by atoms with Gasteiger partial charge in [0.25, 0.3) is 0 Å². The molecule has 2 rings (SSSR count). The average molecular weight is 341 g/mol. The molecule has 5 nitrogen and oxygen atoms in total. The molecule has 0 saturated carbocycles. The van der Waals surface area contributed by atoms with Gasteiger partial charge in [0, 0.05) is 5.69 Å².